The highest BCUT2D eigenvalue weighted by molar-refractivity contribution is 8.13. The molecule has 0 amide bonds. The number of rotatable bonds is 3. The molecule has 11 heavy (non-hydrogen) atoms. The number of hydrogen-bond acceptors (Lipinski definition) is 3. The van der Waals surface area contributed by atoms with Crippen molar-refractivity contribution in [1.82, 2.24) is 0 Å². The Morgan fingerprint density at radius 3 is 2.45 bits per heavy atom. The zero-order chi connectivity index (χ0) is 8.69. The number of hydrogen-bond donors (Lipinski definition) is 1. The van der Waals surface area contributed by atoms with Crippen LogP contribution in [0.2, 0.25) is 0 Å². The van der Waals surface area contributed by atoms with Crippen molar-refractivity contribution in [2.75, 3.05) is 5.75 Å². The Morgan fingerprint density at radius 2 is 2.00 bits per heavy atom. The third-order valence-corrected chi connectivity index (χ3v) is 1.79. The van der Waals surface area contributed by atoms with E-state index in [1.807, 2.05) is 20.8 Å². The van der Waals surface area contributed by atoms with Gasteiger partial charge in [-0.25, -0.2) is 0 Å². The molecular formula is C7H15N3S. The lowest BCUT2D eigenvalue weighted by molar-refractivity contribution is 1.16. The van der Waals surface area contributed by atoms with Crippen LogP contribution in [-0.2, 0) is 0 Å². The highest BCUT2D eigenvalue weighted by atomic mass is 32.2. The van der Waals surface area contributed by atoms with Crippen LogP contribution in [0.5, 0.6) is 0 Å². The van der Waals surface area contributed by atoms with Gasteiger partial charge >= 0.3 is 0 Å². The van der Waals surface area contributed by atoms with Crippen LogP contribution < -0.4 is 5.73 Å². The van der Waals surface area contributed by atoms with E-state index in [1.165, 1.54) is 11.8 Å². The van der Waals surface area contributed by atoms with Crippen LogP contribution in [0.15, 0.2) is 10.2 Å². The maximum Gasteiger partial charge on any atom is 0.180 e. The second-order valence-corrected chi connectivity index (χ2v) is 3.34. The monoisotopic (exact) mass is 173 g/mol. The quantitative estimate of drug-likeness (QED) is 0.402. The minimum Gasteiger partial charge on any atom is -0.377 e. The minimum absolute atomic E-state index is 0.542. The molecule has 0 aliphatic heterocycles. The van der Waals surface area contributed by atoms with E-state index in [0.717, 1.165) is 17.9 Å². The van der Waals surface area contributed by atoms with Crippen molar-refractivity contribution in [2.45, 2.75) is 27.2 Å². The maximum absolute atomic E-state index is 5.49. The average Bonchev–Trinajstić information content (AvgIpc) is 2.01. The fraction of sp³-hybridized carbons (Fsp3) is 0.714. The molecule has 0 aromatic rings. The molecule has 4 heteroatoms. The smallest absolute Gasteiger partial charge is 0.180 e. The maximum atomic E-state index is 5.49. The third-order valence-electron chi connectivity index (χ3n) is 1.12. The van der Waals surface area contributed by atoms with Gasteiger partial charge in [0, 0.05) is 5.71 Å². The predicted octanol–water partition coefficient (Wildman–Crippen LogP) is 1.84. The number of amidine groups is 1. The summed E-state index contributed by atoms with van der Waals surface area (Å²) in [6.07, 6.45) is 0.924. The van der Waals surface area contributed by atoms with Gasteiger partial charge in [0.25, 0.3) is 0 Å². The van der Waals surface area contributed by atoms with Crippen molar-refractivity contribution < 1.29 is 0 Å². The van der Waals surface area contributed by atoms with E-state index in [1.54, 1.807) is 0 Å². The Bertz CT molecular complexity index is 163. The van der Waals surface area contributed by atoms with Crippen LogP contribution in [0, 0.1) is 0 Å². The Labute approximate surface area is 72.2 Å². The van der Waals surface area contributed by atoms with Crippen molar-refractivity contribution in [2.24, 2.45) is 15.9 Å². The molecule has 0 spiro atoms. The van der Waals surface area contributed by atoms with Gasteiger partial charge in [-0.2, -0.15) is 5.10 Å². The molecule has 0 heterocycles. The normalized spacial score (nSPS) is 13.7. The van der Waals surface area contributed by atoms with E-state index in [0.29, 0.717) is 5.17 Å². The van der Waals surface area contributed by atoms with Gasteiger partial charge in [-0.1, -0.05) is 25.6 Å². The Kier molecular flexibility index (Phi) is 5.93. The molecule has 0 aromatic carbocycles. The van der Waals surface area contributed by atoms with Crippen molar-refractivity contribution in [3.8, 4) is 0 Å². The highest BCUT2D eigenvalue weighted by Crippen LogP contribution is 1.98. The molecule has 0 atom stereocenters. The molecule has 0 bridgehead atoms. The Hall–Kier alpha value is -0.510. The SMILES string of the molecule is CCS/C(N)=N/N=C(C)CC. The van der Waals surface area contributed by atoms with Gasteiger partial charge in [0.15, 0.2) is 5.17 Å². The summed E-state index contributed by atoms with van der Waals surface area (Å²) >= 11 is 1.50. The first kappa shape index (κ1) is 10.5. The zero-order valence-corrected chi connectivity index (χ0v) is 8.11. The summed E-state index contributed by atoms with van der Waals surface area (Å²) in [5.41, 5.74) is 6.50. The van der Waals surface area contributed by atoms with Crippen LogP contribution in [0.1, 0.15) is 27.2 Å². The Balaban J connectivity index is 3.89. The highest BCUT2D eigenvalue weighted by Gasteiger charge is 1.88. The van der Waals surface area contributed by atoms with Gasteiger partial charge in [0.1, 0.15) is 0 Å². The molecule has 2 N–H and O–H groups in total. The summed E-state index contributed by atoms with van der Waals surface area (Å²) in [5, 5.41) is 8.29. The van der Waals surface area contributed by atoms with Gasteiger partial charge in [0.05, 0.1) is 0 Å². The van der Waals surface area contributed by atoms with Crippen molar-refractivity contribution in [3.63, 3.8) is 0 Å². The first-order valence-corrected chi connectivity index (χ1v) is 4.68. The third kappa shape index (κ3) is 5.91. The van der Waals surface area contributed by atoms with Crippen LogP contribution in [0.25, 0.3) is 0 Å². The summed E-state index contributed by atoms with van der Waals surface area (Å²) in [7, 11) is 0. The molecule has 0 aliphatic rings. The molecule has 0 aromatic heterocycles. The summed E-state index contributed by atoms with van der Waals surface area (Å²) in [4.78, 5) is 0. The molecular weight excluding hydrogens is 158 g/mol. The fourth-order valence-electron chi connectivity index (χ4n) is 0.382. The van der Waals surface area contributed by atoms with E-state index in [-0.39, 0.29) is 0 Å². The number of nitrogens with zero attached hydrogens (tertiary/aromatic N) is 2. The van der Waals surface area contributed by atoms with E-state index in [9.17, 15) is 0 Å². The van der Waals surface area contributed by atoms with Crippen LogP contribution in [0.4, 0.5) is 0 Å². The zero-order valence-electron chi connectivity index (χ0n) is 7.29. The van der Waals surface area contributed by atoms with Gasteiger partial charge in [-0.15, -0.1) is 5.10 Å². The summed E-state index contributed by atoms with van der Waals surface area (Å²) in [6.45, 7) is 6.01. The van der Waals surface area contributed by atoms with Gasteiger partial charge in [-0.05, 0) is 19.1 Å². The van der Waals surface area contributed by atoms with E-state index < -0.39 is 0 Å². The lowest BCUT2D eigenvalue weighted by atomic mass is 10.3. The van der Waals surface area contributed by atoms with Crippen LogP contribution in [0.3, 0.4) is 0 Å². The molecule has 0 fully saturated rings. The van der Waals surface area contributed by atoms with Crippen molar-refractivity contribution in [3.05, 3.63) is 0 Å². The summed E-state index contributed by atoms with van der Waals surface area (Å²) < 4.78 is 0. The van der Waals surface area contributed by atoms with Crippen LogP contribution in [-0.4, -0.2) is 16.6 Å². The molecule has 0 aliphatic carbocycles. The van der Waals surface area contributed by atoms with Crippen molar-refractivity contribution >= 4 is 22.6 Å². The number of thioether (sulfide) groups is 1. The second-order valence-electron chi connectivity index (χ2n) is 2.06. The largest absolute Gasteiger partial charge is 0.377 e. The average molecular weight is 173 g/mol. The van der Waals surface area contributed by atoms with Crippen molar-refractivity contribution in [1.29, 1.82) is 0 Å². The first-order chi connectivity index (χ1) is 5.20. The minimum atomic E-state index is 0.542. The summed E-state index contributed by atoms with van der Waals surface area (Å²) in [5.74, 6) is 0.941. The standard InChI is InChI=1S/C7H15N3S/c1-4-6(3)9-10-7(8)11-5-2/h4-5H2,1-3H3,(H2,8,10). The molecule has 64 valence electrons. The topological polar surface area (TPSA) is 50.7 Å². The Morgan fingerprint density at radius 1 is 1.36 bits per heavy atom. The molecule has 0 saturated carbocycles. The van der Waals surface area contributed by atoms with Gasteiger partial charge < -0.3 is 5.73 Å². The molecule has 0 unspecified atom stereocenters. The molecule has 0 saturated heterocycles. The first-order valence-electron chi connectivity index (χ1n) is 3.70. The predicted molar refractivity (Wildman–Crippen MR) is 53.2 cm³/mol. The van der Waals surface area contributed by atoms with Gasteiger partial charge in [-0.3, -0.25) is 0 Å². The fourth-order valence-corrected chi connectivity index (χ4v) is 0.776. The molecule has 0 radical (unpaired) electrons. The van der Waals surface area contributed by atoms with Crippen LogP contribution >= 0.6 is 11.8 Å². The van der Waals surface area contributed by atoms with E-state index in [4.69, 9.17) is 5.73 Å². The lowest BCUT2D eigenvalue weighted by Gasteiger charge is -1.93. The summed E-state index contributed by atoms with van der Waals surface area (Å²) in [6, 6.07) is 0. The second kappa shape index (κ2) is 6.22. The molecule has 0 rings (SSSR count). The van der Waals surface area contributed by atoms with E-state index >= 15 is 0 Å². The van der Waals surface area contributed by atoms with Gasteiger partial charge in [0.2, 0.25) is 0 Å². The van der Waals surface area contributed by atoms with E-state index in [2.05, 4.69) is 10.2 Å². The molecule has 3 nitrogen and oxygen atoms in total. The number of nitrogens with two attached hydrogens (primary N) is 1. The lowest BCUT2D eigenvalue weighted by Crippen LogP contribution is -2.06.